The van der Waals surface area contributed by atoms with E-state index in [2.05, 4.69) is 5.32 Å². The fraction of sp³-hybridized carbons (Fsp3) is 0.643. The highest BCUT2D eigenvalue weighted by molar-refractivity contribution is 5.95. The SMILES string of the molecule is CCc1occc1C(=O)NCC1CCCCC1N. The van der Waals surface area contributed by atoms with E-state index < -0.39 is 0 Å². The van der Waals surface area contributed by atoms with Gasteiger partial charge < -0.3 is 15.5 Å². The number of rotatable bonds is 4. The topological polar surface area (TPSA) is 68.3 Å². The number of carbonyl (C=O) groups excluding carboxylic acids is 1. The minimum atomic E-state index is -0.0432. The minimum absolute atomic E-state index is 0.0432. The maximum atomic E-state index is 12.0. The number of hydrogen-bond donors (Lipinski definition) is 2. The molecule has 0 bridgehead atoms. The van der Waals surface area contributed by atoms with E-state index >= 15 is 0 Å². The highest BCUT2D eigenvalue weighted by Gasteiger charge is 2.23. The van der Waals surface area contributed by atoms with Gasteiger partial charge in [0.1, 0.15) is 5.76 Å². The van der Waals surface area contributed by atoms with Crippen LogP contribution in [0.5, 0.6) is 0 Å². The molecule has 1 heterocycles. The summed E-state index contributed by atoms with van der Waals surface area (Å²) in [7, 11) is 0. The molecular weight excluding hydrogens is 228 g/mol. The third-order valence-electron chi connectivity index (χ3n) is 3.80. The van der Waals surface area contributed by atoms with Crippen molar-refractivity contribution in [2.24, 2.45) is 11.7 Å². The quantitative estimate of drug-likeness (QED) is 0.859. The van der Waals surface area contributed by atoms with E-state index in [0.717, 1.165) is 25.0 Å². The van der Waals surface area contributed by atoms with E-state index in [-0.39, 0.29) is 11.9 Å². The number of furan rings is 1. The van der Waals surface area contributed by atoms with Crippen LogP contribution in [-0.4, -0.2) is 18.5 Å². The lowest BCUT2D eigenvalue weighted by atomic mass is 9.85. The maximum Gasteiger partial charge on any atom is 0.254 e. The van der Waals surface area contributed by atoms with Gasteiger partial charge in [0.05, 0.1) is 11.8 Å². The molecule has 18 heavy (non-hydrogen) atoms. The molecule has 2 rings (SSSR count). The molecule has 0 saturated heterocycles. The van der Waals surface area contributed by atoms with Crippen molar-refractivity contribution in [1.29, 1.82) is 0 Å². The predicted molar refractivity (Wildman–Crippen MR) is 70.4 cm³/mol. The van der Waals surface area contributed by atoms with Gasteiger partial charge in [-0.3, -0.25) is 4.79 Å². The van der Waals surface area contributed by atoms with Gasteiger partial charge in [-0.05, 0) is 24.8 Å². The van der Waals surface area contributed by atoms with Crippen molar-refractivity contribution in [3.63, 3.8) is 0 Å². The number of aryl methyl sites for hydroxylation is 1. The highest BCUT2D eigenvalue weighted by Crippen LogP contribution is 2.22. The monoisotopic (exact) mass is 250 g/mol. The molecule has 3 N–H and O–H groups in total. The first-order chi connectivity index (χ1) is 8.72. The standard InChI is InChI=1S/C14H22N2O2/c1-2-13-11(7-8-18-13)14(17)16-9-10-5-3-4-6-12(10)15/h7-8,10,12H,2-6,9,15H2,1H3,(H,16,17). The summed E-state index contributed by atoms with van der Waals surface area (Å²) in [6, 6.07) is 1.96. The lowest BCUT2D eigenvalue weighted by Gasteiger charge is -2.28. The molecule has 1 amide bonds. The summed E-state index contributed by atoms with van der Waals surface area (Å²) in [4.78, 5) is 12.0. The molecule has 0 spiro atoms. The van der Waals surface area contributed by atoms with Crippen molar-refractivity contribution < 1.29 is 9.21 Å². The van der Waals surface area contributed by atoms with Crippen molar-refractivity contribution in [3.8, 4) is 0 Å². The maximum absolute atomic E-state index is 12.0. The van der Waals surface area contributed by atoms with E-state index in [1.165, 1.54) is 12.8 Å². The number of nitrogens with one attached hydrogen (secondary N) is 1. The molecule has 2 unspecified atom stereocenters. The van der Waals surface area contributed by atoms with Gasteiger partial charge >= 0.3 is 0 Å². The van der Waals surface area contributed by atoms with Crippen LogP contribution in [0.2, 0.25) is 0 Å². The summed E-state index contributed by atoms with van der Waals surface area (Å²) in [6.45, 7) is 2.65. The van der Waals surface area contributed by atoms with Gasteiger partial charge in [0.2, 0.25) is 0 Å². The Labute approximate surface area is 108 Å². The normalized spacial score (nSPS) is 23.9. The molecule has 0 aliphatic heterocycles. The molecule has 4 heteroatoms. The molecule has 1 fully saturated rings. The largest absolute Gasteiger partial charge is 0.469 e. The van der Waals surface area contributed by atoms with Gasteiger partial charge in [-0.2, -0.15) is 0 Å². The molecule has 1 aromatic rings. The van der Waals surface area contributed by atoms with Gasteiger partial charge in [0.15, 0.2) is 0 Å². The molecule has 100 valence electrons. The third kappa shape index (κ3) is 2.93. The molecule has 2 atom stereocenters. The van der Waals surface area contributed by atoms with Crippen molar-refractivity contribution in [1.82, 2.24) is 5.32 Å². The Morgan fingerprint density at radius 2 is 2.28 bits per heavy atom. The Bertz CT molecular complexity index is 400. The van der Waals surface area contributed by atoms with Crippen LogP contribution < -0.4 is 11.1 Å². The molecule has 1 aliphatic rings. The van der Waals surface area contributed by atoms with Crippen molar-refractivity contribution >= 4 is 5.91 Å². The van der Waals surface area contributed by atoms with Crippen LogP contribution in [0.1, 0.15) is 48.7 Å². The predicted octanol–water partition coefficient (Wildman–Crippen LogP) is 2.09. The lowest BCUT2D eigenvalue weighted by molar-refractivity contribution is 0.0939. The molecular formula is C14H22N2O2. The Hall–Kier alpha value is -1.29. The van der Waals surface area contributed by atoms with Crippen LogP contribution in [0.3, 0.4) is 0 Å². The Balaban J connectivity index is 1.88. The number of nitrogens with two attached hydrogens (primary N) is 1. The first kappa shape index (κ1) is 13.1. The van der Waals surface area contributed by atoms with Crippen LogP contribution >= 0.6 is 0 Å². The average molecular weight is 250 g/mol. The van der Waals surface area contributed by atoms with Crippen molar-refractivity contribution in [2.45, 2.75) is 45.1 Å². The summed E-state index contributed by atoms with van der Waals surface area (Å²) in [5.74, 6) is 1.12. The third-order valence-corrected chi connectivity index (χ3v) is 3.80. The number of hydrogen-bond acceptors (Lipinski definition) is 3. The van der Waals surface area contributed by atoms with Gasteiger partial charge in [-0.1, -0.05) is 19.8 Å². The zero-order valence-corrected chi connectivity index (χ0v) is 10.9. The van der Waals surface area contributed by atoms with E-state index in [1.54, 1.807) is 12.3 Å². The van der Waals surface area contributed by atoms with Gasteiger partial charge in [-0.25, -0.2) is 0 Å². The fourth-order valence-electron chi connectivity index (χ4n) is 2.63. The summed E-state index contributed by atoms with van der Waals surface area (Å²) < 4.78 is 5.26. The first-order valence-electron chi connectivity index (χ1n) is 6.82. The Morgan fingerprint density at radius 1 is 1.50 bits per heavy atom. The first-order valence-corrected chi connectivity index (χ1v) is 6.82. The van der Waals surface area contributed by atoms with Crippen LogP contribution in [0, 0.1) is 5.92 Å². The number of amides is 1. The smallest absolute Gasteiger partial charge is 0.254 e. The zero-order chi connectivity index (χ0) is 13.0. The summed E-state index contributed by atoms with van der Waals surface area (Å²) in [5, 5.41) is 2.98. The lowest BCUT2D eigenvalue weighted by Crippen LogP contribution is -2.41. The molecule has 1 aromatic heterocycles. The Morgan fingerprint density at radius 3 is 3.00 bits per heavy atom. The van der Waals surface area contributed by atoms with Gasteiger partial charge in [-0.15, -0.1) is 0 Å². The second-order valence-electron chi connectivity index (χ2n) is 5.03. The van der Waals surface area contributed by atoms with E-state index in [1.807, 2.05) is 6.92 Å². The van der Waals surface area contributed by atoms with Gasteiger partial charge in [0, 0.05) is 19.0 Å². The molecule has 0 radical (unpaired) electrons. The van der Waals surface area contributed by atoms with Crippen LogP contribution in [0.4, 0.5) is 0 Å². The highest BCUT2D eigenvalue weighted by atomic mass is 16.3. The minimum Gasteiger partial charge on any atom is -0.469 e. The summed E-state index contributed by atoms with van der Waals surface area (Å²) in [6.07, 6.45) is 6.94. The summed E-state index contributed by atoms with van der Waals surface area (Å²) >= 11 is 0. The fourth-order valence-corrected chi connectivity index (χ4v) is 2.63. The van der Waals surface area contributed by atoms with Crippen molar-refractivity contribution in [2.75, 3.05) is 6.54 Å². The average Bonchev–Trinajstić information content (AvgIpc) is 2.86. The summed E-state index contributed by atoms with van der Waals surface area (Å²) in [5.41, 5.74) is 6.72. The zero-order valence-electron chi connectivity index (χ0n) is 10.9. The molecule has 0 aromatic carbocycles. The molecule has 4 nitrogen and oxygen atoms in total. The van der Waals surface area contributed by atoms with Crippen LogP contribution in [0.15, 0.2) is 16.7 Å². The van der Waals surface area contributed by atoms with E-state index in [9.17, 15) is 4.79 Å². The number of carbonyl (C=O) groups is 1. The van der Waals surface area contributed by atoms with Crippen LogP contribution in [-0.2, 0) is 6.42 Å². The van der Waals surface area contributed by atoms with Crippen molar-refractivity contribution in [3.05, 3.63) is 23.7 Å². The Kier molecular flexibility index (Phi) is 4.42. The van der Waals surface area contributed by atoms with E-state index in [0.29, 0.717) is 18.0 Å². The van der Waals surface area contributed by atoms with Crippen LogP contribution in [0.25, 0.3) is 0 Å². The second-order valence-corrected chi connectivity index (χ2v) is 5.03. The van der Waals surface area contributed by atoms with E-state index in [4.69, 9.17) is 10.2 Å². The molecule has 1 aliphatic carbocycles. The second kappa shape index (κ2) is 6.05. The van der Waals surface area contributed by atoms with Gasteiger partial charge in [0.25, 0.3) is 5.91 Å². The molecule has 1 saturated carbocycles.